The Balaban J connectivity index is 2.68. The lowest BCUT2D eigenvalue weighted by atomic mass is 9.81. The molecular weight excluding hydrogens is 162 g/mol. The van der Waals surface area contributed by atoms with E-state index in [-0.39, 0.29) is 17.6 Å². The SMILES string of the molecule is CCC(C#N)C1CCCC1C(C)=O. The van der Waals surface area contributed by atoms with Crippen LogP contribution in [0.2, 0.25) is 0 Å². The Kier molecular flexibility index (Phi) is 3.48. The largest absolute Gasteiger partial charge is 0.300 e. The number of hydrogen-bond acceptors (Lipinski definition) is 2. The summed E-state index contributed by atoms with van der Waals surface area (Å²) in [6.07, 6.45) is 4.06. The zero-order valence-electron chi connectivity index (χ0n) is 8.42. The molecule has 72 valence electrons. The first kappa shape index (κ1) is 10.2. The molecule has 2 heteroatoms. The molecule has 13 heavy (non-hydrogen) atoms. The van der Waals surface area contributed by atoms with Crippen LogP contribution in [-0.4, -0.2) is 5.78 Å². The number of hydrogen-bond donors (Lipinski definition) is 0. The van der Waals surface area contributed by atoms with Crippen molar-refractivity contribution >= 4 is 5.78 Å². The average molecular weight is 179 g/mol. The minimum absolute atomic E-state index is 0.0939. The van der Waals surface area contributed by atoms with E-state index in [4.69, 9.17) is 5.26 Å². The van der Waals surface area contributed by atoms with Gasteiger partial charge in [0.15, 0.2) is 0 Å². The summed E-state index contributed by atoms with van der Waals surface area (Å²) >= 11 is 0. The zero-order chi connectivity index (χ0) is 9.84. The summed E-state index contributed by atoms with van der Waals surface area (Å²) in [5.41, 5.74) is 0. The number of nitrogens with zero attached hydrogens (tertiary/aromatic N) is 1. The summed E-state index contributed by atoms with van der Waals surface area (Å²) in [7, 11) is 0. The second kappa shape index (κ2) is 4.41. The fourth-order valence-electron chi connectivity index (χ4n) is 2.46. The Morgan fingerprint density at radius 2 is 2.31 bits per heavy atom. The lowest BCUT2D eigenvalue weighted by Gasteiger charge is -2.20. The number of carbonyl (C=O) groups excluding carboxylic acids is 1. The molecule has 0 bridgehead atoms. The highest BCUT2D eigenvalue weighted by Crippen LogP contribution is 2.38. The van der Waals surface area contributed by atoms with Crippen LogP contribution >= 0.6 is 0 Å². The highest BCUT2D eigenvalue weighted by Gasteiger charge is 2.35. The lowest BCUT2D eigenvalue weighted by molar-refractivity contribution is -0.122. The molecule has 1 saturated carbocycles. The van der Waals surface area contributed by atoms with Crippen molar-refractivity contribution in [1.29, 1.82) is 5.26 Å². The van der Waals surface area contributed by atoms with E-state index in [0.717, 1.165) is 25.7 Å². The van der Waals surface area contributed by atoms with E-state index >= 15 is 0 Å². The second-order valence-electron chi connectivity index (χ2n) is 3.96. The van der Waals surface area contributed by atoms with Gasteiger partial charge in [0.2, 0.25) is 0 Å². The smallest absolute Gasteiger partial charge is 0.133 e. The summed E-state index contributed by atoms with van der Waals surface area (Å²) in [5, 5.41) is 8.92. The van der Waals surface area contributed by atoms with Crippen LogP contribution in [-0.2, 0) is 4.79 Å². The maximum Gasteiger partial charge on any atom is 0.133 e. The molecule has 1 rings (SSSR count). The predicted octanol–water partition coefficient (Wildman–Crippen LogP) is 2.54. The van der Waals surface area contributed by atoms with Crippen LogP contribution in [0.3, 0.4) is 0 Å². The van der Waals surface area contributed by atoms with Crippen LogP contribution in [0.15, 0.2) is 0 Å². The molecule has 3 atom stereocenters. The average Bonchev–Trinajstić information content (AvgIpc) is 2.55. The summed E-state index contributed by atoms with van der Waals surface area (Å²) in [5.74, 6) is 0.879. The first-order valence-corrected chi connectivity index (χ1v) is 5.10. The molecule has 0 radical (unpaired) electrons. The topological polar surface area (TPSA) is 40.9 Å². The number of ketones is 1. The number of nitriles is 1. The first-order chi connectivity index (χ1) is 6.20. The molecule has 0 heterocycles. The Hall–Kier alpha value is -0.840. The van der Waals surface area contributed by atoms with E-state index in [1.54, 1.807) is 6.92 Å². The van der Waals surface area contributed by atoms with Crippen LogP contribution in [0.5, 0.6) is 0 Å². The lowest BCUT2D eigenvalue weighted by Crippen LogP contribution is -2.22. The summed E-state index contributed by atoms with van der Waals surface area (Å²) in [4.78, 5) is 11.3. The number of carbonyl (C=O) groups is 1. The summed E-state index contributed by atoms with van der Waals surface area (Å²) in [6, 6.07) is 2.33. The third-order valence-corrected chi connectivity index (χ3v) is 3.21. The van der Waals surface area contributed by atoms with Crippen LogP contribution in [0.1, 0.15) is 39.5 Å². The molecule has 1 fully saturated rings. The van der Waals surface area contributed by atoms with E-state index in [2.05, 4.69) is 6.07 Å². The van der Waals surface area contributed by atoms with Crippen molar-refractivity contribution < 1.29 is 4.79 Å². The molecule has 1 aliphatic rings. The fourth-order valence-corrected chi connectivity index (χ4v) is 2.46. The molecule has 0 aromatic rings. The van der Waals surface area contributed by atoms with Gasteiger partial charge in [-0.05, 0) is 32.1 Å². The molecule has 0 aromatic heterocycles. The normalized spacial score (nSPS) is 29.6. The molecule has 0 aliphatic heterocycles. The minimum Gasteiger partial charge on any atom is -0.300 e. The Morgan fingerprint density at radius 3 is 2.77 bits per heavy atom. The molecule has 0 spiro atoms. The van der Waals surface area contributed by atoms with Gasteiger partial charge >= 0.3 is 0 Å². The van der Waals surface area contributed by atoms with Gasteiger partial charge in [0.25, 0.3) is 0 Å². The third-order valence-electron chi connectivity index (χ3n) is 3.21. The second-order valence-corrected chi connectivity index (χ2v) is 3.96. The number of rotatable bonds is 3. The van der Waals surface area contributed by atoms with Gasteiger partial charge in [-0.15, -0.1) is 0 Å². The quantitative estimate of drug-likeness (QED) is 0.668. The van der Waals surface area contributed by atoms with Gasteiger partial charge < -0.3 is 0 Å². The Bertz CT molecular complexity index is 229. The zero-order valence-corrected chi connectivity index (χ0v) is 8.42. The van der Waals surface area contributed by atoms with Crippen molar-refractivity contribution in [3.05, 3.63) is 0 Å². The number of Topliss-reactive ketones (excluding diaryl/α,β-unsaturated/α-hetero) is 1. The Labute approximate surface area is 79.9 Å². The fraction of sp³-hybridized carbons (Fsp3) is 0.818. The monoisotopic (exact) mass is 179 g/mol. The highest BCUT2D eigenvalue weighted by atomic mass is 16.1. The molecule has 0 saturated heterocycles. The van der Waals surface area contributed by atoms with Crippen LogP contribution < -0.4 is 0 Å². The van der Waals surface area contributed by atoms with Gasteiger partial charge in [0.1, 0.15) is 5.78 Å². The third kappa shape index (κ3) is 2.09. The van der Waals surface area contributed by atoms with Crippen molar-refractivity contribution in [3.63, 3.8) is 0 Å². The van der Waals surface area contributed by atoms with E-state index in [1.807, 2.05) is 6.92 Å². The van der Waals surface area contributed by atoms with Crippen LogP contribution in [0.25, 0.3) is 0 Å². The maximum atomic E-state index is 11.3. The standard InChI is InChI=1S/C11H17NO/c1-3-9(7-12)11-6-4-5-10(11)8(2)13/h9-11H,3-6H2,1-2H3. The van der Waals surface area contributed by atoms with E-state index in [9.17, 15) is 4.79 Å². The van der Waals surface area contributed by atoms with Crippen molar-refractivity contribution in [2.24, 2.45) is 17.8 Å². The molecule has 2 nitrogen and oxygen atoms in total. The van der Waals surface area contributed by atoms with Crippen LogP contribution in [0, 0.1) is 29.1 Å². The minimum atomic E-state index is 0.0939. The Morgan fingerprint density at radius 1 is 1.62 bits per heavy atom. The molecule has 0 amide bonds. The molecule has 3 unspecified atom stereocenters. The maximum absolute atomic E-state index is 11.3. The molecular formula is C11H17NO. The van der Waals surface area contributed by atoms with Crippen molar-refractivity contribution in [2.75, 3.05) is 0 Å². The molecule has 0 aromatic carbocycles. The van der Waals surface area contributed by atoms with E-state index in [1.165, 1.54) is 0 Å². The van der Waals surface area contributed by atoms with E-state index < -0.39 is 0 Å². The van der Waals surface area contributed by atoms with Gasteiger partial charge in [-0.1, -0.05) is 13.3 Å². The van der Waals surface area contributed by atoms with Crippen molar-refractivity contribution in [1.82, 2.24) is 0 Å². The van der Waals surface area contributed by atoms with Crippen molar-refractivity contribution in [3.8, 4) is 6.07 Å². The van der Waals surface area contributed by atoms with Crippen molar-refractivity contribution in [2.45, 2.75) is 39.5 Å². The van der Waals surface area contributed by atoms with Gasteiger partial charge in [-0.25, -0.2) is 0 Å². The summed E-state index contributed by atoms with van der Waals surface area (Å²) < 4.78 is 0. The van der Waals surface area contributed by atoms with Gasteiger partial charge in [-0.2, -0.15) is 5.26 Å². The van der Waals surface area contributed by atoms with Gasteiger partial charge in [0, 0.05) is 11.8 Å². The predicted molar refractivity (Wildman–Crippen MR) is 50.9 cm³/mol. The van der Waals surface area contributed by atoms with Gasteiger partial charge in [-0.3, -0.25) is 4.79 Å². The summed E-state index contributed by atoms with van der Waals surface area (Å²) in [6.45, 7) is 3.69. The van der Waals surface area contributed by atoms with Gasteiger partial charge in [0.05, 0.1) is 6.07 Å². The van der Waals surface area contributed by atoms with E-state index in [0.29, 0.717) is 5.92 Å². The first-order valence-electron chi connectivity index (χ1n) is 5.10. The van der Waals surface area contributed by atoms with Crippen LogP contribution in [0.4, 0.5) is 0 Å². The molecule has 0 N–H and O–H groups in total. The molecule has 1 aliphatic carbocycles. The highest BCUT2D eigenvalue weighted by molar-refractivity contribution is 5.78.